The van der Waals surface area contributed by atoms with Crippen LogP contribution in [-0.4, -0.2) is 60.0 Å². The van der Waals surface area contributed by atoms with Crippen molar-refractivity contribution in [3.05, 3.63) is 94.7 Å². The first-order chi connectivity index (χ1) is 22.1. The third kappa shape index (κ3) is 6.84. The summed E-state index contributed by atoms with van der Waals surface area (Å²) in [5.74, 6) is -6.11. The van der Waals surface area contributed by atoms with Gasteiger partial charge in [-0.2, -0.15) is 26.3 Å². The number of carboxylic acid groups (broad SMARTS) is 1. The lowest BCUT2D eigenvalue weighted by molar-refractivity contribution is -0.167. The summed E-state index contributed by atoms with van der Waals surface area (Å²) < 4.78 is 117. The molecule has 0 saturated carbocycles. The topological polar surface area (TPSA) is 91.8 Å². The Balaban J connectivity index is 1.45. The Hall–Kier alpha value is -4.79. The third-order valence-electron chi connectivity index (χ3n) is 7.83. The largest absolute Gasteiger partial charge is 0.480 e. The Kier molecular flexibility index (Phi) is 9.13. The van der Waals surface area contributed by atoms with Gasteiger partial charge in [0, 0.05) is 30.4 Å². The van der Waals surface area contributed by atoms with E-state index in [-0.39, 0.29) is 35.5 Å². The number of nitrogens with zero attached hydrogens (tertiary/aromatic N) is 2. The number of aryl methyl sites for hydroxylation is 1. The zero-order chi connectivity index (χ0) is 34.3. The van der Waals surface area contributed by atoms with Crippen LogP contribution in [0.4, 0.5) is 40.8 Å². The number of alkyl halides is 6. The first kappa shape index (κ1) is 33.6. The lowest BCUT2D eigenvalue weighted by Crippen LogP contribution is -2.53. The minimum absolute atomic E-state index is 0.0538. The van der Waals surface area contributed by atoms with Crippen LogP contribution in [0, 0.1) is 18.6 Å². The number of hydrogen-bond donors (Lipinski definition) is 2. The number of halogens is 8. The van der Waals surface area contributed by atoms with Crippen molar-refractivity contribution in [1.29, 1.82) is 0 Å². The molecule has 0 unspecified atom stereocenters. The number of ether oxygens (including phenoxy) is 1. The summed E-state index contributed by atoms with van der Waals surface area (Å²) in [7, 11) is 0. The van der Waals surface area contributed by atoms with Crippen LogP contribution in [0.25, 0.3) is 22.0 Å². The van der Waals surface area contributed by atoms with E-state index in [0.717, 1.165) is 0 Å². The molecule has 1 amide bonds. The molecule has 2 atom stereocenters. The summed E-state index contributed by atoms with van der Waals surface area (Å²) in [5, 5.41) is 12.6. The maximum absolute atomic E-state index is 15.1. The van der Waals surface area contributed by atoms with Crippen LogP contribution >= 0.6 is 0 Å². The number of fused-ring (bicyclic) bond motifs is 1. The third-order valence-corrected chi connectivity index (χ3v) is 7.83. The molecule has 0 radical (unpaired) electrons. The monoisotopic (exact) mass is 667 g/mol. The molecule has 1 fully saturated rings. The number of anilines is 1. The molecule has 2 heterocycles. The van der Waals surface area contributed by atoms with Gasteiger partial charge in [0.1, 0.15) is 29.3 Å². The molecule has 47 heavy (non-hydrogen) atoms. The Morgan fingerprint density at radius 2 is 1.68 bits per heavy atom. The molecule has 7 nitrogen and oxygen atoms in total. The minimum atomic E-state index is -4.78. The molecule has 1 aliphatic rings. The Labute approximate surface area is 261 Å². The molecular weight excluding hydrogens is 642 g/mol. The predicted molar refractivity (Wildman–Crippen MR) is 154 cm³/mol. The number of amides is 1. The van der Waals surface area contributed by atoms with Gasteiger partial charge in [-0.05, 0) is 47.0 Å². The summed E-state index contributed by atoms with van der Waals surface area (Å²) in [4.78, 5) is 29.9. The zero-order valence-electron chi connectivity index (χ0n) is 24.3. The molecule has 0 spiro atoms. The highest BCUT2D eigenvalue weighted by Crippen LogP contribution is 2.41. The van der Waals surface area contributed by atoms with E-state index in [1.807, 2.05) is 5.32 Å². The van der Waals surface area contributed by atoms with Crippen LogP contribution in [0.15, 0.2) is 60.8 Å². The van der Waals surface area contributed by atoms with E-state index in [4.69, 9.17) is 4.74 Å². The number of benzene rings is 3. The number of carbonyl (C=O) groups excluding carboxylic acids is 1. The Bertz CT molecular complexity index is 1820. The average Bonchev–Trinajstić information content (AvgIpc) is 2.99. The lowest BCUT2D eigenvalue weighted by atomic mass is 9.92. The minimum Gasteiger partial charge on any atom is -0.480 e. The number of hydrogen-bond acceptors (Lipinski definition) is 5. The maximum atomic E-state index is 15.1. The quantitative estimate of drug-likeness (QED) is 0.213. The number of aromatic nitrogens is 1. The van der Waals surface area contributed by atoms with Crippen molar-refractivity contribution in [3.63, 3.8) is 0 Å². The second-order valence-electron chi connectivity index (χ2n) is 10.8. The predicted octanol–water partition coefficient (Wildman–Crippen LogP) is 6.70. The van der Waals surface area contributed by atoms with Crippen molar-refractivity contribution >= 4 is 28.3 Å². The van der Waals surface area contributed by atoms with E-state index >= 15 is 8.78 Å². The maximum Gasteiger partial charge on any atom is 0.418 e. The standard InChI is InChI=1S/C32H25F8N3O4/c1-16-8-9-41-28(27(16)32(38,39)40)21-7-6-17(19-4-2-3-5-20(19)21)12-24(30(45)46)42-29(44)26-22(33)13-18(14-23(26)34)43-10-11-47-15-25(43)31(35,36)37/h2-9,13-14,24-25H,10-12,15H2,1H3,(H,42,44)(H,45,46)/t24-,25+/m0/s1. The Morgan fingerprint density at radius 1 is 1.02 bits per heavy atom. The molecule has 1 aromatic heterocycles. The molecule has 3 aromatic carbocycles. The SMILES string of the molecule is Cc1ccnc(-c2ccc(C[C@H](NC(=O)c3c(F)cc(N4CCOC[C@@H]4C(F)(F)F)cc3F)C(=O)O)c3ccccc23)c1C(F)(F)F. The number of morpholine rings is 1. The molecule has 5 rings (SSSR count). The first-order valence-corrected chi connectivity index (χ1v) is 14.1. The highest BCUT2D eigenvalue weighted by atomic mass is 19.4. The highest BCUT2D eigenvalue weighted by molar-refractivity contribution is 6.00. The van der Waals surface area contributed by atoms with Gasteiger partial charge in [-0.15, -0.1) is 0 Å². The van der Waals surface area contributed by atoms with Gasteiger partial charge in [0.2, 0.25) is 0 Å². The smallest absolute Gasteiger partial charge is 0.418 e. The number of carbonyl (C=O) groups is 2. The summed E-state index contributed by atoms with van der Waals surface area (Å²) in [6.07, 6.45) is -8.72. The molecule has 2 N–H and O–H groups in total. The fourth-order valence-corrected chi connectivity index (χ4v) is 5.64. The second kappa shape index (κ2) is 12.8. The van der Waals surface area contributed by atoms with Gasteiger partial charge in [0.05, 0.1) is 24.5 Å². The van der Waals surface area contributed by atoms with E-state index in [0.29, 0.717) is 27.8 Å². The molecule has 4 aromatic rings. The average molecular weight is 668 g/mol. The van der Waals surface area contributed by atoms with Crippen LogP contribution < -0.4 is 10.2 Å². The first-order valence-electron chi connectivity index (χ1n) is 14.1. The van der Waals surface area contributed by atoms with Crippen molar-refractivity contribution < 1.29 is 54.6 Å². The van der Waals surface area contributed by atoms with Crippen molar-refractivity contribution in [2.45, 2.75) is 37.8 Å². The van der Waals surface area contributed by atoms with E-state index in [9.17, 15) is 41.0 Å². The van der Waals surface area contributed by atoms with Gasteiger partial charge >= 0.3 is 18.3 Å². The van der Waals surface area contributed by atoms with Gasteiger partial charge in [-0.1, -0.05) is 36.4 Å². The molecule has 1 saturated heterocycles. The van der Waals surface area contributed by atoms with Crippen LogP contribution in [0.1, 0.15) is 27.0 Å². The number of nitrogens with one attached hydrogen (secondary N) is 1. The van der Waals surface area contributed by atoms with E-state index in [2.05, 4.69) is 4.98 Å². The fourth-order valence-electron chi connectivity index (χ4n) is 5.64. The lowest BCUT2D eigenvalue weighted by Gasteiger charge is -2.38. The molecule has 15 heteroatoms. The van der Waals surface area contributed by atoms with Crippen molar-refractivity contribution in [1.82, 2.24) is 10.3 Å². The van der Waals surface area contributed by atoms with Crippen LogP contribution in [0.3, 0.4) is 0 Å². The normalized spacial score (nSPS) is 16.3. The number of carboxylic acids is 1. The Morgan fingerprint density at radius 3 is 2.30 bits per heavy atom. The number of pyridine rings is 1. The summed E-state index contributed by atoms with van der Waals surface area (Å²) in [6.45, 7) is 0.0562. The van der Waals surface area contributed by atoms with Gasteiger partial charge in [0.15, 0.2) is 0 Å². The van der Waals surface area contributed by atoms with E-state index < -0.39 is 77.8 Å². The van der Waals surface area contributed by atoms with Crippen molar-refractivity contribution in [2.75, 3.05) is 24.7 Å². The summed E-state index contributed by atoms with van der Waals surface area (Å²) >= 11 is 0. The molecule has 1 aliphatic heterocycles. The van der Waals surface area contributed by atoms with Crippen LogP contribution in [0.2, 0.25) is 0 Å². The highest BCUT2D eigenvalue weighted by Gasteiger charge is 2.46. The van der Waals surface area contributed by atoms with Crippen LogP contribution in [-0.2, 0) is 22.1 Å². The molecule has 0 bridgehead atoms. The molecule has 248 valence electrons. The van der Waals surface area contributed by atoms with Crippen LogP contribution in [0.5, 0.6) is 0 Å². The fraction of sp³-hybridized carbons (Fsp3) is 0.281. The summed E-state index contributed by atoms with van der Waals surface area (Å²) in [6, 6.07) is 7.29. The van der Waals surface area contributed by atoms with Crippen molar-refractivity contribution in [3.8, 4) is 11.3 Å². The van der Waals surface area contributed by atoms with E-state index in [1.54, 1.807) is 12.1 Å². The van der Waals surface area contributed by atoms with Gasteiger partial charge in [-0.3, -0.25) is 9.78 Å². The zero-order valence-corrected chi connectivity index (χ0v) is 24.3. The second-order valence-corrected chi connectivity index (χ2v) is 10.8. The summed E-state index contributed by atoms with van der Waals surface area (Å²) in [5.41, 5.74) is -2.62. The number of rotatable bonds is 7. The molecular formula is C32H25F8N3O4. The van der Waals surface area contributed by atoms with E-state index in [1.165, 1.54) is 43.5 Å². The molecule has 0 aliphatic carbocycles. The number of aliphatic carboxylic acids is 1. The van der Waals surface area contributed by atoms with Gasteiger partial charge in [-0.25, -0.2) is 13.6 Å². The van der Waals surface area contributed by atoms with Gasteiger partial charge in [0.25, 0.3) is 5.91 Å². The van der Waals surface area contributed by atoms with Crippen molar-refractivity contribution in [2.24, 2.45) is 0 Å². The van der Waals surface area contributed by atoms with Gasteiger partial charge < -0.3 is 20.1 Å².